The summed E-state index contributed by atoms with van der Waals surface area (Å²) in [6.07, 6.45) is 5.34. The molecule has 180 valence electrons. The number of anilines is 1. The highest BCUT2D eigenvalue weighted by Crippen LogP contribution is 2.42. The van der Waals surface area contributed by atoms with E-state index in [2.05, 4.69) is 71.2 Å². The van der Waals surface area contributed by atoms with Gasteiger partial charge in [-0.15, -0.1) is 11.3 Å². The predicted octanol–water partition coefficient (Wildman–Crippen LogP) is 3.99. The molecule has 1 aromatic carbocycles. The van der Waals surface area contributed by atoms with Crippen LogP contribution in [0.1, 0.15) is 49.8 Å². The van der Waals surface area contributed by atoms with Gasteiger partial charge in [0.05, 0.1) is 5.54 Å². The number of para-hydroxylation sites is 1. The molecule has 3 rings (SSSR count). The van der Waals surface area contributed by atoms with E-state index in [0.717, 1.165) is 38.6 Å². The number of carbonyl (C=O) groups excluding carboxylic acids is 2. The molecule has 1 aromatic heterocycles. The Balaban J connectivity index is 1.31. The van der Waals surface area contributed by atoms with Gasteiger partial charge in [-0.2, -0.15) is 0 Å². The van der Waals surface area contributed by atoms with Gasteiger partial charge in [0.1, 0.15) is 0 Å². The number of benzene rings is 1. The highest BCUT2D eigenvalue weighted by atomic mass is 32.1. The second-order valence-electron chi connectivity index (χ2n) is 9.21. The Kier molecular flexibility index (Phi) is 9.32. The number of rotatable bonds is 11. The molecule has 1 heterocycles. The molecule has 0 spiro atoms. The second-order valence-corrected chi connectivity index (χ2v) is 10.2. The zero-order chi connectivity index (χ0) is 23.7. The Hall–Kier alpha value is -2.38. The van der Waals surface area contributed by atoms with E-state index in [1.54, 1.807) is 0 Å². The maximum Gasteiger partial charge on any atom is 0.220 e. The minimum Gasteiger partial charge on any atom is -0.375 e. The Morgan fingerprint density at radius 1 is 1.00 bits per heavy atom. The molecule has 7 heteroatoms. The lowest BCUT2D eigenvalue weighted by Gasteiger charge is -2.44. The zero-order valence-corrected chi connectivity index (χ0v) is 21.0. The third kappa shape index (κ3) is 7.05. The van der Waals surface area contributed by atoms with Gasteiger partial charge >= 0.3 is 0 Å². The van der Waals surface area contributed by atoms with Gasteiger partial charge in [-0.25, -0.2) is 0 Å². The largest absolute Gasteiger partial charge is 0.375 e. The van der Waals surface area contributed by atoms with Crippen molar-refractivity contribution in [2.24, 2.45) is 0 Å². The Morgan fingerprint density at radius 3 is 2.33 bits per heavy atom. The van der Waals surface area contributed by atoms with Crippen molar-refractivity contribution in [1.29, 1.82) is 0 Å². The average Bonchev–Trinajstić information content (AvgIpc) is 3.37. The molecule has 0 radical (unpaired) electrons. The smallest absolute Gasteiger partial charge is 0.220 e. The van der Waals surface area contributed by atoms with Crippen molar-refractivity contribution < 1.29 is 9.59 Å². The van der Waals surface area contributed by atoms with E-state index >= 15 is 0 Å². The quantitative estimate of drug-likeness (QED) is 0.488. The monoisotopic (exact) mass is 470 g/mol. The molecular formula is C26H38N4O2S. The fraction of sp³-hybridized carbons (Fsp3) is 0.538. The van der Waals surface area contributed by atoms with Crippen LogP contribution in [0, 0.1) is 0 Å². The SMILES string of the molecule is CN(CCCNC(=O)CCC(=O)NC1CCC(c2cccs2)(N(C)C)CC1)c1ccccc1. The van der Waals surface area contributed by atoms with Crippen LogP contribution in [0.4, 0.5) is 5.69 Å². The van der Waals surface area contributed by atoms with E-state index in [-0.39, 0.29) is 36.2 Å². The van der Waals surface area contributed by atoms with E-state index in [1.807, 2.05) is 29.5 Å². The molecule has 2 N–H and O–H groups in total. The van der Waals surface area contributed by atoms with Crippen LogP contribution in [-0.2, 0) is 15.1 Å². The number of nitrogens with one attached hydrogen (secondary N) is 2. The normalized spacial score (nSPS) is 20.4. The van der Waals surface area contributed by atoms with Crippen molar-refractivity contribution >= 4 is 28.8 Å². The minimum atomic E-state index is -0.0551. The van der Waals surface area contributed by atoms with E-state index in [4.69, 9.17) is 0 Å². The number of amides is 2. The van der Waals surface area contributed by atoms with Gasteiger partial charge in [-0.05, 0) is 69.8 Å². The van der Waals surface area contributed by atoms with Gasteiger partial charge in [0.2, 0.25) is 11.8 Å². The Labute approximate surface area is 202 Å². The van der Waals surface area contributed by atoms with Crippen molar-refractivity contribution in [3.8, 4) is 0 Å². The molecule has 0 aliphatic heterocycles. The third-order valence-corrected chi connectivity index (χ3v) is 7.85. The zero-order valence-electron chi connectivity index (χ0n) is 20.2. The first kappa shape index (κ1) is 25.2. The molecule has 0 atom stereocenters. The Morgan fingerprint density at radius 2 is 1.70 bits per heavy atom. The molecule has 6 nitrogen and oxygen atoms in total. The fourth-order valence-electron chi connectivity index (χ4n) is 4.67. The molecular weight excluding hydrogens is 432 g/mol. The maximum atomic E-state index is 12.4. The lowest BCUT2D eigenvalue weighted by molar-refractivity contribution is -0.127. The van der Waals surface area contributed by atoms with Crippen LogP contribution in [0.2, 0.25) is 0 Å². The highest BCUT2D eigenvalue weighted by Gasteiger charge is 2.39. The molecule has 2 aromatic rings. The third-order valence-electron chi connectivity index (χ3n) is 6.78. The predicted molar refractivity (Wildman–Crippen MR) is 137 cm³/mol. The molecule has 1 saturated carbocycles. The van der Waals surface area contributed by atoms with Crippen LogP contribution < -0.4 is 15.5 Å². The summed E-state index contributed by atoms with van der Waals surface area (Å²) >= 11 is 1.82. The Bertz CT molecular complexity index is 862. The summed E-state index contributed by atoms with van der Waals surface area (Å²) < 4.78 is 0. The van der Waals surface area contributed by atoms with Gasteiger partial charge < -0.3 is 15.5 Å². The highest BCUT2D eigenvalue weighted by molar-refractivity contribution is 7.10. The van der Waals surface area contributed by atoms with Crippen LogP contribution in [0.25, 0.3) is 0 Å². The number of thiophene rings is 1. The first-order valence-corrected chi connectivity index (χ1v) is 12.8. The number of hydrogen-bond donors (Lipinski definition) is 2. The van der Waals surface area contributed by atoms with Gasteiger partial charge in [0.25, 0.3) is 0 Å². The van der Waals surface area contributed by atoms with Crippen molar-refractivity contribution in [2.45, 2.75) is 56.5 Å². The van der Waals surface area contributed by atoms with Crippen molar-refractivity contribution in [3.05, 3.63) is 52.7 Å². The molecule has 0 saturated heterocycles. The summed E-state index contributed by atoms with van der Waals surface area (Å²) in [5, 5.41) is 8.23. The topological polar surface area (TPSA) is 64.7 Å². The first-order valence-electron chi connectivity index (χ1n) is 11.9. The number of hydrogen-bond acceptors (Lipinski definition) is 5. The van der Waals surface area contributed by atoms with Crippen molar-refractivity contribution in [1.82, 2.24) is 15.5 Å². The molecule has 2 amide bonds. The van der Waals surface area contributed by atoms with Crippen molar-refractivity contribution in [2.75, 3.05) is 39.1 Å². The summed E-state index contributed by atoms with van der Waals surface area (Å²) in [6, 6.07) is 14.7. The lowest BCUT2D eigenvalue weighted by atomic mass is 9.77. The van der Waals surface area contributed by atoms with Crippen LogP contribution in [-0.4, -0.2) is 57.0 Å². The van der Waals surface area contributed by atoms with E-state index in [1.165, 1.54) is 10.6 Å². The molecule has 1 fully saturated rings. The summed E-state index contributed by atoms with van der Waals surface area (Å²) in [6.45, 7) is 1.49. The molecule has 0 bridgehead atoms. The first-order chi connectivity index (χ1) is 15.9. The minimum absolute atomic E-state index is 0.0209. The summed E-state index contributed by atoms with van der Waals surface area (Å²) in [4.78, 5) is 30.5. The second kappa shape index (κ2) is 12.2. The van der Waals surface area contributed by atoms with E-state index in [9.17, 15) is 9.59 Å². The van der Waals surface area contributed by atoms with Gasteiger partial charge in [0, 0.05) is 49.6 Å². The average molecular weight is 471 g/mol. The molecule has 1 aliphatic rings. The van der Waals surface area contributed by atoms with E-state index in [0.29, 0.717) is 6.54 Å². The fourth-order valence-corrected chi connectivity index (χ4v) is 5.73. The van der Waals surface area contributed by atoms with Gasteiger partial charge in [0.15, 0.2) is 0 Å². The van der Waals surface area contributed by atoms with Crippen LogP contribution in [0.5, 0.6) is 0 Å². The van der Waals surface area contributed by atoms with E-state index < -0.39 is 0 Å². The summed E-state index contributed by atoms with van der Waals surface area (Å²) in [7, 11) is 6.35. The number of nitrogens with zero attached hydrogens (tertiary/aromatic N) is 2. The van der Waals surface area contributed by atoms with Gasteiger partial charge in [-0.3, -0.25) is 14.5 Å². The molecule has 1 aliphatic carbocycles. The number of carbonyl (C=O) groups is 2. The maximum absolute atomic E-state index is 12.4. The van der Waals surface area contributed by atoms with Crippen LogP contribution in [0.15, 0.2) is 47.8 Å². The van der Waals surface area contributed by atoms with Crippen LogP contribution in [0.3, 0.4) is 0 Å². The molecule has 33 heavy (non-hydrogen) atoms. The summed E-state index contributed by atoms with van der Waals surface area (Å²) in [5.41, 5.74) is 1.24. The van der Waals surface area contributed by atoms with Crippen LogP contribution >= 0.6 is 11.3 Å². The van der Waals surface area contributed by atoms with Crippen molar-refractivity contribution in [3.63, 3.8) is 0 Å². The van der Waals surface area contributed by atoms with Gasteiger partial charge in [-0.1, -0.05) is 24.3 Å². The summed E-state index contributed by atoms with van der Waals surface area (Å²) in [5.74, 6) is -0.0760. The standard InChI is InChI=1S/C26H38N4O2S/c1-29(2)26(23-11-7-20-33-23)16-14-21(15-17-26)28-25(32)13-12-24(31)27-18-8-19-30(3)22-9-5-4-6-10-22/h4-7,9-11,20-21H,8,12-19H2,1-3H3,(H,27,31)(H,28,32). The molecule has 0 unspecified atom stereocenters. The lowest BCUT2D eigenvalue weighted by Crippen LogP contribution is -2.48.